The van der Waals surface area contributed by atoms with Gasteiger partial charge in [-0.1, -0.05) is 5.21 Å². The molecule has 1 atom stereocenters. The number of aryl methyl sites for hydroxylation is 1. The van der Waals surface area contributed by atoms with Crippen LogP contribution in [-0.4, -0.2) is 75.1 Å². The number of aromatic nitrogens is 4. The van der Waals surface area contributed by atoms with E-state index in [0.717, 1.165) is 37.1 Å². The largest absolute Gasteiger partial charge is 0.379 e. The van der Waals surface area contributed by atoms with Crippen LogP contribution in [0.2, 0.25) is 0 Å². The van der Waals surface area contributed by atoms with Crippen molar-refractivity contribution in [2.24, 2.45) is 7.05 Å². The van der Waals surface area contributed by atoms with Crippen molar-refractivity contribution < 1.29 is 13.9 Å². The Balaban J connectivity index is 1.43. The molecule has 0 radical (unpaired) electrons. The van der Waals surface area contributed by atoms with E-state index in [-0.39, 0.29) is 17.4 Å². The maximum Gasteiger partial charge on any atom is 0.254 e. The minimum Gasteiger partial charge on any atom is -0.379 e. The summed E-state index contributed by atoms with van der Waals surface area (Å²) in [5, 5.41) is 8.33. The number of likely N-dealkylation sites (tertiary alicyclic amines) is 1. The van der Waals surface area contributed by atoms with Crippen LogP contribution < -0.4 is 0 Å². The first-order chi connectivity index (χ1) is 13.6. The number of carbonyl (C=O) groups excluding carboxylic acids is 1. The van der Waals surface area contributed by atoms with Gasteiger partial charge in [0, 0.05) is 43.9 Å². The Labute approximate surface area is 163 Å². The molecule has 2 aliphatic heterocycles. The number of ether oxygens (including phenoxy) is 1. The second kappa shape index (κ2) is 8.32. The summed E-state index contributed by atoms with van der Waals surface area (Å²) >= 11 is 0. The smallest absolute Gasteiger partial charge is 0.254 e. The van der Waals surface area contributed by atoms with Crippen molar-refractivity contribution in [1.29, 1.82) is 0 Å². The van der Waals surface area contributed by atoms with E-state index in [1.54, 1.807) is 9.58 Å². The van der Waals surface area contributed by atoms with E-state index in [2.05, 4.69) is 20.2 Å². The zero-order valence-electron chi connectivity index (χ0n) is 16.1. The molecule has 1 amide bonds. The summed E-state index contributed by atoms with van der Waals surface area (Å²) in [6, 6.07) is 2.69. The molecule has 4 rings (SSSR count). The maximum atomic E-state index is 13.4. The second-order valence-electron chi connectivity index (χ2n) is 7.42. The van der Waals surface area contributed by atoms with Crippen LogP contribution in [0.3, 0.4) is 0 Å². The Hall–Kier alpha value is -2.39. The number of hydrogen-bond acceptors (Lipinski definition) is 6. The molecule has 4 heterocycles. The lowest BCUT2D eigenvalue weighted by Gasteiger charge is -2.32. The van der Waals surface area contributed by atoms with Crippen LogP contribution in [0.15, 0.2) is 18.3 Å². The number of amides is 1. The molecule has 2 aromatic rings. The van der Waals surface area contributed by atoms with Crippen molar-refractivity contribution in [3.63, 3.8) is 0 Å². The molecule has 9 heteroatoms. The highest BCUT2D eigenvalue weighted by molar-refractivity contribution is 5.94. The first-order valence-corrected chi connectivity index (χ1v) is 9.71. The number of pyridine rings is 1. The van der Waals surface area contributed by atoms with E-state index in [1.165, 1.54) is 25.1 Å². The topological polar surface area (TPSA) is 76.4 Å². The number of rotatable bonds is 6. The molecule has 28 heavy (non-hydrogen) atoms. The zero-order chi connectivity index (χ0) is 19.5. The average Bonchev–Trinajstić information content (AvgIpc) is 3.34. The van der Waals surface area contributed by atoms with Gasteiger partial charge >= 0.3 is 0 Å². The van der Waals surface area contributed by atoms with Crippen molar-refractivity contribution in [1.82, 2.24) is 29.8 Å². The molecule has 1 saturated heterocycles. The van der Waals surface area contributed by atoms with Crippen molar-refractivity contribution in [3.8, 4) is 0 Å². The van der Waals surface area contributed by atoms with Crippen LogP contribution in [0.25, 0.3) is 0 Å². The fourth-order valence-corrected chi connectivity index (χ4v) is 4.05. The first-order valence-electron chi connectivity index (χ1n) is 9.71. The molecule has 0 spiro atoms. The standard InChI is InChI=1S/C19H25FN6O2/c1-24-18-15(13-28-9-8-25-6-2-3-7-25)11-26(12-16(18)22-23-24)19(27)14-4-5-21-17(20)10-14/h4-5,10,15H,2-3,6-9,11-13H2,1H3/t15-/m0/s1. The second-order valence-corrected chi connectivity index (χ2v) is 7.42. The molecule has 2 aromatic heterocycles. The Morgan fingerprint density at radius 3 is 2.96 bits per heavy atom. The molecule has 0 bridgehead atoms. The van der Waals surface area contributed by atoms with E-state index in [4.69, 9.17) is 4.74 Å². The molecule has 8 nitrogen and oxygen atoms in total. The highest BCUT2D eigenvalue weighted by atomic mass is 19.1. The summed E-state index contributed by atoms with van der Waals surface area (Å²) in [6.45, 7) is 5.23. The Kier molecular flexibility index (Phi) is 5.63. The SMILES string of the molecule is Cn1nnc2c1[C@H](COCCN1CCCC1)CN(C(=O)c1ccnc(F)c1)C2. The van der Waals surface area contributed by atoms with Gasteiger partial charge in [-0.15, -0.1) is 5.10 Å². The fraction of sp³-hybridized carbons (Fsp3) is 0.579. The predicted molar refractivity (Wildman–Crippen MR) is 99.2 cm³/mol. The number of fused-ring (bicyclic) bond motifs is 1. The maximum absolute atomic E-state index is 13.4. The molecule has 0 saturated carbocycles. The van der Waals surface area contributed by atoms with Gasteiger partial charge in [-0.25, -0.2) is 4.98 Å². The van der Waals surface area contributed by atoms with Gasteiger partial charge in [-0.3, -0.25) is 9.48 Å². The van der Waals surface area contributed by atoms with Gasteiger partial charge in [-0.05, 0) is 32.0 Å². The van der Waals surface area contributed by atoms with E-state index < -0.39 is 5.95 Å². The van der Waals surface area contributed by atoms with E-state index in [0.29, 0.717) is 26.3 Å². The van der Waals surface area contributed by atoms with Gasteiger partial charge < -0.3 is 14.5 Å². The molecule has 2 aliphatic rings. The molecule has 150 valence electrons. The molecule has 1 fully saturated rings. The lowest BCUT2D eigenvalue weighted by Crippen LogP contribution is -2.40. The van der Waals surface area contributed by atoms with Crippen LogP contribution >= 0.6 is 0 Å². The van der Waals surface area contributed by atoms with Crippen molar-refractivity contribution in [2.45, 2.75) is 25.3 Å². The van der Waals surface area contributed by atoms with Gasteiger partial charge in [-0.2, -0.15) is 4.39 Å². The van der Waals surface area contributed by atoms with E-state index in [9.17, 15) is 9.18 Å². The minimum atomic E-state index is -0.662. The number of halogens is 1. The van der Waals surface area contributed by atoms with Gasteiger partial charge in [0.1, 0.15) is 5.69 Å². The normalized spacial score (nSPS) is 19.8. The summed E-state index contributed by atoms with van der Waals surface area (Å²) in [6.07, 6.45) is 3.83. The third-order valence-electron chi connectivity index (χ3n) is 5.44. The minimum absolute atomic E-state index is 0.0158. The summed E-state index contributed by atoms with van der Waals surface area (Å²) < 4.78 is 21.1. The van der Waals surface area contributed by atoms with Crippen LogP contribution in [0.1, 0.15) is 40.5 Å². The summed E-state index contributed by atoms with van der Waals surface area (Å²) in [5.74, 6) is -0.914. The highest BCUT2D eigenvalue weighted by Gasteiger charge is 2.33. The third-order valence-corrected chi connectivity index (χ3v) is 5.44. The number of carbonyl (C=O) groups is 1. The highest BCUT2D eigenvalue weighted by Crippen LogP contribution is 2.28. The lowest BCUT2D eigenvalue weighted by molar-refractivity contribution is 0.0603. The number of nitrogens with zero attached hydrogens (tertiary/aromatic N) is 6. The van der Waals surface area contributed by atoms with Crippen LogP contribution in [-0.2, 0) is 18.3 Å². The predicted octanol–water partition coefficient (Wildman–Crippen LogP) is 1.20. The van der Waals surface area contributed by atoms with Gasteiger partial charge in [0.15, 0.2) is 0 Å². The fourth-order valence-electron chi connectivity index (χ4n) is 4.05. The molecule has 0 aromatic carbocycles. The average molecular weight is 388 g/mol. The summed E-state index contributed by atoms with van der Waals surface area (Å²) in [4.78, 5) is 20.5. The Morgan fingerprint density at radius 2 is 2.18 bits per heavy atom. The zero-order valence-corrected chi connectivity index (χ0v) is 16.1. The molecular formula is C19H25FN6O2. The van der Waals surface area contributed by atoms with Crippen LogP contribution in [0, 0.1) is 5.95 Å². The third kappa shape index (κ3) is 4.05. The van der Waals surface area contributed by atoms with Gasteiger partial charge in [0.2, 0.25) is 5.95 Å². The molecule has 0 aliphatic carbocycles. The molecule has 0 unspecified atom stereocenters. The number of hydrogen-bond donors (Lipinski definition) is 0. The summed E-state index contributed by atoms with van der Waals surface area (Å²) in [5.41, 5.74) is 2.06. The molecular weight excluding hydrogens is 363 g/mol. The van der Waals surface area contributed by atoms with Crippen LogP contribution in [0.4, 0.5) is 4.39 Å². The van der Waals surface area contributed by atoms with Crippen molar-refractivity contribution >= 4 is 5.91 Å². The van der Waals surface area contributed by atoms with Crippen molar-refractivity contribution in [3.05, 3.63) is 41.2 Å². The van der Waals surface area contributed by atoms with E-state index >= 15 is 0 Å². The van der Waals surface area contributed by atoms with Gasteiger partial charge in [0.05, 0.1) is 25.5 Å². The molecule has 0 N–H and O–H groups in total. The van der Waals surface area contributed by atoms with E-state index in [1.807, 2.05) is 7.05 Å². The van der Waals surface area contributed by atoms with Crippen molar-refractivity contribution in [2.75, 3.05) is 39.4 Å². The summed E-state index contributed by atoms with van der Waals surface area (Å²) in [7, 11) is 1.86. The lowest BCUT2D eigenvalue weighted by atomic mass is 9.98. The quantitative estimate of drug-likeness (QED) is 0.547. The Morgan fingerprint density at radius 1 is 1.36 bits per heavy atom. The Bertz CT molecular complexity index is 836. The first kappa shape index (κ1) is 18.9. The van der Waals surface area contributed by atoms with Gasteiger partial charge in [0.25, 0.3) is 5.91 Å². The monoisotopic (exact) mass is 388 g/mol. The van der Waals surface area contributed by atoms with Crippen LogP contribution in [0.5, 0.6) is 0 Å².